The van der Waals surface area contributed by atoms with Crippen molar-refractivity contribution in [2.75, 3.05) is 0 Å². The summed E-state index contributed by atoms with van der Waals surface area (Å²) in [7, 11) is 0. The van der Waals surface area contributed by atoms with Crippen molar-refractivity contribution in [2.24, 2.45) is 0 Å². The number of amides is 1. The Morgan fingerprint density at radius 1 is 1.24 bits per heavy atom. The van der Waals surface area contributed by atoms with Gasteiger partial charge in [-0.3, -0.25) is 4.79 Å². The van der Waals surface area contributed by atoms with E-state index in [4.69, 9.17) is 0 Å². The van der Waals surface area contributed by atoms with Crippen molar-refractivity contribution in [1.82, 2.24) is 5.32 Å². The van der Waals surface area contributed by atoms with E-state index in [0.29, 0.717) is 0 Å². The van der Waals surface area contributed by atoms with Crippen LogP contribution in [0.2, 0.25) is 0 Å². The largest absolute Gasteiger partial charge is 0.345 e. The SMILES string of the molecule is Cc1ccccc1C(C)NC(=O)c1cc2c(s1)CCCC2. The van der Waals surface area contributed by atoms with E-state index >= 15 is 0 Å². The molecule has 1 amide bonds. The average molecular weight is 299 g/mol. The molecule has 1 aromatic carbocycles. The average Bonchev–Trinajstić information content (AvgIpc) is 2.91. The molecule has 21 heavy (non-hydrogen) atoms. The summed E-state index contributed by atoms with van der Waals surface area (Å²) in [5.41, 5.74) is 3.79. The predicted octanol–water partition coefficient (Wildman–Crippen LogP) is 4.43. The molecule has 0 spiro atoms. The summed E-state index contributed by atoms with van der Waals surface area (Å²) in [6.07, 6.45) is 4.78. The molecule has 0 fully saturated rings. The van der Waals surface area contributed by atoms with E-state index < -0.39 is 0 Å². The van der Waals surface area contributed by atoms with Gasteiger partial charge in [-0.1, -0.05) is 24.3 Å². The lowest BCUT2D eigenvalue weighted by Crippen LogP contribution is -2.26. The predicted molar refractivity (Wildman–Crippen MR) is 88.0 cm³/mol. The van der Waals surface area contributed by atoms with Gasteiger partial charge < -0.3 is 5.32 Å². The van der Waals surface area contributed by atoms with Crippen LogP contribution in [0.5, 0.6) is 0 Å². The first-order chi connectivity index (χ1) is 10.1. The number of nitrogens with one attached hydrogen (secondary N) is 1. The molecule has 1 aliphatic rings. The van der Waals surface area contributed by atoms with Crippen LogP contribution >= 0.6 is 11.3 Å². The van der Waals surface area contributed by atoms with Gasteiger partial charge in [0.25, 0.3) is 5.91 Å². The third kappa shape index (κ3) is 3.03. The van der Waals surface area contributed by atoms with Crippen LogP contribution in [0.3, 0.4) is 0 Å². The molecule has 1 atom stereocenters. The van der Waals surface area contributed by atoms with Gasteiger partial charge in [0.1, 0.15) is 0 Å². The first-order valence-corrected chi connectivity index (χ1v) is 8.45. The fraction of sp³-hybridized carbons (Fsp3) is 0.389. The van der Waals surface area contributed by atoms with E-state index in [0.717, 1.165) is 17.7 Å². The summed E-state index contributed by atoms with van der Waals surface area (Å²) >= 11 is 1.67. The quantitative estimate of drug-likeness (QED) is 0.892. The highest BCUT2D eigenvalue weighted by atomic mass is 32.1. The number of rotatable bonds is 3. The normalized spacial score (nSPS) is 15.3. The molecular formula is C18H21NOS. The van der Waals surface area contributed by atoms with Crippen LogP contribution in [0.1, 0.15) is 57.0 Å². The van der Waals surface area contributed by atoms with Crippen molar-refractivity contribution in [3.63, 3.8) is 0 Å². The van der Waals surface area contributed by atoms with Crippen LogP contribution in [0, 0.1) is 6.92 Å². The molecule has 1 heterocycles. The van der Waals surface area contributed by atoms with Gasteiger partial charge in [0.05, 0.1) is 10.9 Å². The third-order valence-corrected chi connectivity index (χ3v) is 5.46. The van der Waals surface area contributed by atoms with Gasteiger partial charge in [-0.2, -0.15) is 0 Å². The lowest BCUT2D eigenvalue weighted by Gasteiger charge is -2.15. The third-order valence-electron chi connectivity index (χ3n) is 4.22. The molecule has 2 aromatic rings. The number of fused-ring (bicyclic) bond motifs is 1. The minimum absolute atomic E-state index is 0.0397. The smallest absolute Gasteiger partial charge is 0.261 e. The maximum atomic E-state index is 12.5. The van der Waals surface area contributed by atoms with Crippen LogP contribution in [-0.2, 0) is 12.8 Å². The van der Waals surface area contributed by atoms with Crippen molar-refractivity contribution in [3.05, 3.63) is 56.8 Å². The lowest BCUT2D eigenvalue weighted by atomic mass is 9.99. The number of carbonyl (C=O) groups is 1. The Bertz CT molecular complexity index is 635. The molecule has 0 saturated carbocycles. The monoisotopic (exact) mass is 299 g/mol. The van der Waals surface area contributed by atoms with Gasteiger partial charge in [0.2, 0.25) is 0 Å². The molecule has 3 rings (SSSR count). The molecule has 1 aromatic heterocycles. The van der Waals surface area contributed by atoms with E-state index in [1.165, 1.54) is 34.4 Å². The summed E-state index contributed by atoms with van der Waals surface area (Å²) in [4.78, 5) is 14.7. The topological polar surface area (TPSA) is 29.1 Å². The molecular weight excluding hydrogens is 278 g/mol. The number of hydrogen-bond donors (Lipinski definition) is 1. The number of aryl methyl sites for hydroxylation is 3. The zero-order chi connectivity index (χ0) is 14.8. The molecule has 1 unspecified atom stereocenters. The van der Waals surface area contributed by atoms with Crippen LogP contribution in [0.4, 0.5) is 0 Å². The van der Waals surface area contributed by atoms with E-state index in [9.17, 15) is 4.79 Å². The molecule has 0 bridgehead atoms. The van der Waals surface area contributed by atoms with Crippen molar-refractivity contribution < 1.29 is 4.79 Å². The molecule has 110 valence electrons. The Balaban J connectivity index is 1.74. The van der Waals surface area contributed by atoms with Crippen molar-refractivity contribution in [2.45, 2.75) is 45.6 Å². The van der Waals surface area contributed by atoms with Crippen molar-refractivity contribution in [1.29, 1.82) is 0 Å². The first kappa shape index (κ1) is 14.3. The van der Waals surface area contributed by atoms with Gasteiger partial charge in [-0.15, -0.1) is 11.3 Å². The lowest BCUT2D eigenvalue weighted by molar-refractivity contribution is 0.0944. The Hall–Kier alpha value is -1.61. The number of thiophene rings is 1. The molecule has 0 saturated heterocycles. The Morgan fingerprint density at radius 3 is 2.76 bits per heavy atom. The van der Waals surface area contributed by atoms with Gasteiger partial charge in [-0.05, 0) is 62.3 Å². The summed E-state index contributed by atoms with van der Waals surface area (Å²) in [6, 6.07) is 10.4. The van der Waals surface area contributed by atoms with Crippen molar-refractivity contribution >= 4 is 17.2 Å². The fourth-order valence-corrected chi connectivity index (χ4v) is 4.18. The van der Waals surface area contributed by atoms with E-state index in [2.05, 4.69) is 30.4 Å². The minimum atomic E-state index is 0.0397. The van der Waals surface area contributed by atoms with Crippen LogP contribution in [0.15, 0.2) is 30.3 Å². The summed E-state index contributed by atoms with van der Waals surface area (Å²) in [5.74, 6) is 0.0603. The van der Waals surface area contributed by atoms with Crippen LogP contribution in [0.25, 0.3) is 0 Å². The maximum Gasteiger partial charge on any atom is 0.261 e. The minimum Gasteiger partial charge on any atom is -0.345 e. The van der Waals surface area contributed by atoms with Crippen LogP contribution in [-0.4, -0.2) is 5.91 Å². The Labute approximate surface area is 130 Å². The number of hydrogen-bond acceptors (Lipinski definition) is 2. The maximum absolute atomic E-state index is 12.5. The highest BCUT2D eigenvalue weighted by Crippen LogP contribution is 2.30. The molecule has 0 radical (unpaired) electrons. The zero-order valence-corrected chi connectivity index (χ0v) is 13.4. The van der Waals surface area contributed by atoms with Gasteiger partial charge >= 0.3 is 0 Å². The Kier molecular flexibility index (Phi) is 4.11. The highest BCUT2D eigenvalue weighted by Gasteiger charge is 2.19. The number of carbonyl (C=O) groups excluding carboxylic acids is 1. The first-order valence-electron chi connectivity index (χ1n) is 7.63. The van der Waals surface area contributed by atoms with Gasteiger partial charge in [0.15, 0.2) is 0 Å². The summed E-state index contributed by atoms with van der Waals surface area (Å²) in [6.45, 7) is 4.13. The Morgan fingerprint density at radius 2 is 2.00 bits per heavy atom. The van der Waals surface area contributed by atoms with Gasteiger partial charge in [0, 0.05) is 4.88 Å². The molecule has 1 N–H and O–H groups in total. The summed E-state index contributed by atoms with van der Waals surface area (Å²) < 4.78 is 0. The molecule has 1 aliphatic carbocycles. The van der Waals surface area contributed by atoms with Crippen LogP contribution < -0.4 is 5.32 Å². The molecule has 0 aliphatic heterocycles. The second-order valence-corrected chi connectivity index (χ2v) is 6.95. The van der Waals surface area contributed by atoms with E-state index in [1.807, 2.05) is 19.1 Å². The summed E-state index contributed by atoms with van der Waals surface area (Å²) in [5, 5.41) is 3.13. The standard InChI is InChI=1S/C18H21NOS/c1-12-7-3-5-9-15(12)13(2)19-18(20)17-11-14-8-4-6-10-16(14)21-17/h3,5,7,9,11,13H,4,6,8,10H2,1-2H3,(H,19,20). The number of benzene rings is 1. The second kappa shape index (κ2) is 6.02. The van der Waals surface area contributed by atoms with E-state index in [1.54, 1.807) is 11.3 Å². The van der Waals surface area contributed by atoms with Gasteiger partial charge in [-0.25, -0.2) is 0 Å². The fourth-order valence-electron chi connectivity index (χ4n) is 3.02. The second-order valence-electron chi connectivity index (χ2n) is 5.82. The van der Waals surface area contributed by atoms with Crippen molar-refractivity contribution in [3.8, 4) is 0 Å². The highest BCUT2D eigenvalue weighted by molar-refractivity contribution is 7.14. The van der Waals surface area contributed by atoms with E-state index in [-0.39, 0.29) is 11.9 Å². The molecule has 3 heteroatoms. The zero-order valence-electron chi connectivity index (χ0n) is 12.6. The molecule has 2 nitrogen and oxygen atoms in total.